The highest BCUT2D eigenvalue weighted by Crippen LogP contribution is 2.35. The van der Waals surface area contributed by atoms with E-state index in [9.17, 15) is 9.90 Å². The van der Waals surface area contributed by atoms with Crippen LogP contribution >= 0.6 is 0 Å². The minimum Gasteiger partial charge on any atom is -0.495 e. The van der Waals surface area contributed by atoms with E-state index in [0.29, 0.717) is 0 Å². The highest BCUT2D eigenvalue weighted by Gasteiger charge is 2.40. The average molecular weight is 318 g/mol. The van der Waals surface area contributed by atoms with Crippen molar-refractivity contribution in [3.05, 3.63) is 24.3 Å². The van der Waals surface area contributed by atoms with Crippen molar-refractivity contribution in [2.24, 2.45) is 5.41 Å². The van der Waals surface area contributed by atoms with Gasteiger partial charge in [0.2, 0.25) is 5.91 Å². The molecule has 0 aromatic heterocycles. The van der Waals surface area contributed by atoms with Gasteiger partial charge >= 0.3 is 0 Å². The molecular weight excluding hydrogens is 292 g/mol. The maximum Gasteiger partial charge on any atom is 0.244 e. The highest BCUT2D eigenvalue weighted by atomic mass is 16.5. The molecule has 1 atom stereocenters. The van der Waals surface area contributed by atoms with Gasteiger partial charge in [0, 0.05) is 13.2 Å². The molecule has 0 spiro atoms. The normalized spacial score (nSPS) is 24.9. The van der Waals surface area contributed by atoms with Crippen LogP contribution in [0.2, 0.25) is 0 Å². The van der Waals surface area contributed by atoms with E-state index >= 15 is 0 Å². The van der Waals surface area contributed by atoms with Gasteiger partial charge in [-0.1, -0.05) is 19.1 Å². The number of rotatable bonds is 4. The number of anilines is 1. The van der Waals surface area contributed by atoms with E-state index in [2.05, 4.69) is 11.8 Å². The summed E-state index contributed by atoms with van der Waals surface area (Å²) >= 11 is 0. The predicted octanol–water partition coefficient (Wildman–Crippen LogP) is 1.89. The molecule has 0 aliphatic carbocycles. The Labute approximate surface area is 137 Å². The van der Waals surface area contributed by atoms with Crippen LogP contribution in [-0.2, 0) is 4.79 Å². The van der Waals surface area contributed by atoms with E-state index in [-0.39, 0.29) is 24.0 Å². The van der Waals surface area contributed by atoms with Gasteiger partial charge in [-0.3, -0.25) is 9.69 Å². The van der Waals surface area contributed by atoms with Gasteiger partial charge in [0.25, 0.3) is 0 Å². The number of likely N-dealkylation sites (tertiary alicyclic amines) is 1. The van der Waals surface area contributed by atoms with Crippen molar-refractivity contribution in [2.45, 2.75) is 32.2 Å². The van der Waals surface area contributed by atoms with Gasteiger partial charge in [0.15, 0.2) is 0 Å². The Morgan fingerprint density at radius 2 is 1.96 bits per heavy atom. The highest BCUT2D eigenvalue weighted by molar-refractivity contribution is 6.00. The van der Waals surface area contributed by atoms with Crippen LogP contribution in [0.5, 0.6) is 5.75 Å². The van der Waals surface area contributed by atoms with E-state index in [1.807, 2.05) is 29.2 Å². The van der Waals surface area contributed by atoms with Crippen molar-refractivity contribution >= 4 is 11.6 Å². The SMILES string of the molecule is COc1ccccc1N1CCC(N2CCC(C)(CO)CC2)C1=O. The number of para-hydroxylation sites is 2. The summed E-state index contributed by atoms with van der Waals surface area (Å²) in [4.78, 5) is 17.0. The number of piperidine rings is 1. The van der Waals surface area contributed by atoms with Crippen molar-refractivity contribution in [2.75, 3.05) is 38.3 Å². The Hall–Kier alpha value is -1.59. The minimum atomic E-state index is -0.0387. The molecule has 1 N–H and O–H groups in total. The molecule has 0 saturated carbocycles. The Kier molecular flexibility index (Phi) is 4.60. The fourth-order valence-corrected chi connectivity index (χ4v) is 3.63. The molecule has 0 radical (unpaired) electrons. The second-order valence-corrected chi connectivity index (χ2v) is 6.97. The standard InChI is InChI=1S/C18H26N2O3/c1-18(13-21)8-11-19(12-9-18)15-7-10-20(17(15)22)14-5-3-4-6-16(14)23-2/h3-6,15,21H,7-13H2,1-2H3. The number of methoxy groups -OCH3 is 1. The number of hydrogen-bond acceptors (Lipinski definition) is 4. The number of nitrogens with zero attached hydrogens (tertiary/aromatic N) is 2. The van der Waals surface area contributed by atoms with Crippen LogP contribution in [0.25, 0.3) is 0 Å². The third-order valence-electron chi connectivity index (χ3n) is 5.38. The van der Waals surface area contributed by atoms with Gasteiger partial charge in [-0.2, -0.15) is 0 Å². The van der Waals surface area contributed by atoms with Crippen LogP contribution in [-0.4, -0.2) is 55.3 Å². The van der Waals surface area contributed by atoms with Gasteiger partial charge in [0.05, 0.1) is 18.8 Å². The van der Waals surface area contributed by atoms with Crippen molar-refractivity contribution in [3.8, 4) is 5.75 Å². The van der Waals surface area contributed by atoms with Crippen LogP contribution < -0.4 is 9.64 Å². The van der Waals surface area contributed by atoms with E-state index in [1.54, 1.807) is 7.11 Å². The summed E-state index contributed by atoms with van der Waals surface area (Å²) in [7, 11) is 1.64. The largest absolute Gasteiger partial charge is 0.495 e. The monoisotopic (exact) mass is 318 g/mol. The third kappa shape index (κ3) is 3.08. The first kappa shape index (κ1) is 16.3. The predicted molar refractivity (Wildman–Crippen MR) is 89.8 cm³/mol. The maximum atomic E-state index is 12.9. The number of aliphatic hydroxyl groups is 1. The van der Waals surface area contributed by atoms with Crippen LogP contribution in [0, 0.1) is 5.41 Å². The third-order valence-corrected chi connectivity index (χ3v) is 5.38. The zero-order valence-corrected chi connectivity index (χ0v) is 14.0. The van der Waals surface area contributed by atoms with E-state index in [4.69, 9.17) is 4.74 Å². The molecule has 2 aliphatic heterocycles. The summed E-state index contributed by atoms with van der Waals surface area (Å²) in [5.41, 5.74) is 0.875. The van der Waals surface area contributed by atoms with Crippen molar-refractivity contribution in [1.82, 2.24) is 4.90 Å². The molecule has 1 aromatic carbocycles. The molecule has 2 aliphatic rings. The molecule has 0 bridgehead atoms. The van der Waals surface area contributed by atoms with Crippen LogP contribution in [0.15, 0.2) is 24.3 Å². The molecule has 1 amide bonds. The lowest BCUT2D eigenvalue weighted by atomic mass is 9.81. The second-order valence-electron chi connectivity index (χ2n) is 6.97. The molecule has 2 heterocycles. The average Bonchev–Trinajstić information content (AvgIpc) is 2.97. The Morgan fingerprint density at radius 3 is 2.61 bits per heavy atom. The molecule has 5 nitrogen and oxygen atoms in total. The van der Waals surface area contributed by atoms with E-state index in [0.717, 1.165) is 50.3 Å². The number of carbonyl (C=O) groups is 1. The summed E-state index contributed by atoms with van der Waals surface area (Å²) in [6, 6.07) is 7.65. The quantitative estimate of drug-likeness (QED) is 0.921. The first-order valence-electron chi connectivity index (χ1n) is 8.37. The van der Waals surface area contributed by atoms with Gasteiger partial charge in [-0.15, -0.1) is 0 Å². The maximum absolute atomic E-state index is 12.9. The van der Waals surface area contributed by atoms with Gasteiger partial charge in [0.1, 0.15) is 5.75 Å². The summed E-state index contributed by atoms with van der Waals surface area (Å²) in [5, 5.41) is 9.49. The molecular formula is C18H26N2O3. The van der Waals surface area contributed by atoms with E-state index < -0.39 is 0 Å². The first-order valence-corrected chi connectivity index (χ1v) is 8.37. The number of aliphatic hydroxyl groups excluding tert-OH is 1. The Balaban J connectivity index is 1.70. The summed E-state index contributed by atoms with van der Waals surface area (Å²) in [6.45, 7) is 4.85. The molecule has 1 aromatic rings. The fraction of sp³-hybridized carbons (Fsp3) is 0.611. The second kappa shape index (κ2) is 6.49. The molecule has 5 heteroatoms. The number of amides is 1. The molecule has 126 valence electrons. The molecule has 3 rings (SSSR count). The van der Waals surface area contributed by atoms with Crippen molar-refractivity contribution < 1.29 is 14.6 Å². The number of benzene rings is 1. The molecule has 1 unspecified atom stereocenters. The summed E-state index contributed by atoms with van der Waals surface area (Å²) < 4.78 is 5.39. The fourth-order valence-electron chi connectivity index (χ4n) is 3.63. The van der Waals surface area contributed by atoms with Crippen LogP contribution in [0.3, 0.4) is 0 Å². The lowest BCUT2D eigenvalue weighted by Crippen LogP contribution is -2.48. The molecule has 2 saturated heterocycles. The summed E-state index contributed by atoms with van der Waals surface area (Å²) in [6.07, 6.45) is 2.75. The first-order chi connectivity index (χ1) is 11.1. The van der Waals surface area contributed by atoms with Crippen molar-refractivity contribution in [1.29, 1.82) is 0 Å². The van der Waals surface area contributed by atoms with Gasteiger partial charge in [-0.25, -0.2) is 0 Å². The number of carbonyl (C=O) groups excluding carboxylic acids is 1. The zero-order valence-electron chi connectivity index (χ0n) is 14.0. The smallest absolute Gasteiger partial charge is 0.244 e. The molecule has 2 fully saturated rings. The lowest BCUT2D eigenvalue weighted by Gasteiger charge is -2.40. The number of hydrogen-bond donors (Lipinski definition) is 1. The Morgan fingerprint density at radius 1 is 1.26 bits per heavy atom. The zero-order chi connectivity index (χ0) is 16.4. The minimum absolute atomic E-state index is 0.0144. The van der Waals surface area contributed by atoms with Gasteiger partial charge in [-0.05, 0) is 49.9 Å². The number of ether oxygens (including phenoxy) is 1. The van der Waals surface area contributed by atoms with Crippen molar-refractivity contribution in [3.63, 3.8) is 0 Å². The Bertz CT molecular complexity index is 567. The van der Waals surface area contributed by atoms with Gasteiger partial charge < -0.3 is 14.7 Å². The molecule has 23 heavy (non-hydrogen) atoms. The van der Waals surface area contributed by atoms with Crippen LogP contribution in [0.4, 0.5) is 5.69 Å². The lowest BCUT2D eigenvalue weighted by molar-refractivity contribution is -0.122. The topological polar surface area (TPSA) is 53.0 Å². The van der Waals surface area contributed by atoms with E-state index in [1.165, 1.54) is 0 Å². The summed E-state index contributed by atoms with van der Waals surface area (Å²) in [5.74, 6) is 0.912. The van der Waals surface area contributed by atoms with Crippen LogP contribution in [0.1, 0.15) is 26.2 Å².